The molecule has 6 heteroatoms. The third kappa shape index (κ3) is 2.14. The van der Waals surface area contributed by atoms with Crippen LogP contribution < -0.4 is 5.56 Å². The van der Waals surface area contributed by atoms with Crippen LogP contribution in [-0.4, -0.2) is 32.1 Å². The lowest BCUT2D eigenvalue weighted by Gasteiger charge is -2.31. The molecule has 0 bridgehead atoms. The van der Waals surface area contributed by atoms with Crippen molar-refractivity contribution in [3.8, 4) is 0 Å². The first-order chi connectivity index (χ1) is 15.3. The van der Waals surface area contributed by atoms with Crippen molar-refractivity contribution >= 4 is 50.0 Å². The second-order valence-electron chi connectivity index (χ2n) is 8.81. The molecule has 1 aliphatic heterocycles. The lowest BCUT2D eigenvalue weighted by Crippen LogP contribution is -2.45. The predicted molar refractivity (Wildman–Crippen MR) is 125 cm³/mol. The van der Waals surface area contributed by atoms with Crippen molar-refractivity contribution in [1.29, 1.82) is 0 Å². The first-order valence-corrected chi connectivity index (χ1v) is 10.9. The van der Waals surface area contributed by atoms with Crippen LogP contribution in [0.3, 0.4) is 0 Å². The zero-order valence-electron chi connectivity index (χ0n) is 18.3. The minimum atomic E-state index is -0.307. The van der Waals surface area contributed by atoms with Gasteiger partial charge in [0.05, 0.1) is 11.0 Å². The molecule has 1 unspecified atom stereocenters. The van der Waals surface area contributed by atoms with Gasteiger partial charge in [0.1, 0.15) is 5.65 Å². The van der Waals surface area contributed by atoms with Crippen molar-refractivity contribution in [2.45, 2.75) is 40.2 Å². The van der Waals surface area contributed by atoms with Crippen LogP contribution in [0.5, 0.6) is 0 Å². The average Bonchev–Trinajstić information content (AvgIpc) is 3.14. The molecule has 0 radical (unpaired) electrons. The zero-order chi connectivity index (χ0) is 22.5. The number of hydrogen-bond donors (Lipinski definition) is 0. The Morgan fingerprint density at radius 2 is 1.50 bits per heavy atom. The normalized spacial score (nSPS) is 15.1. The van der Waals surface area contributed by atoms with Crippen LogP contribution in [0, 0.1) is 13.8 Å². The molecule has 0 aliphatic carbocycles. The standard InChI is InChI=1S/C26H21N3O3/c1-5-14(4)28-24(30)17-7-6-15-21-16(8-9-18(22(17)21)25(28)31)26(32)29-20-11-13(3)12(2)10-19(20)27-23(15)29/h6-11,14H,5H2,1-4H3. The zero-order valence-corrected chi connectivity index (χ0v) is 18.3. The number of hydrogen-bond acceptors (Lipinski definition) is 4. The Bertz CT molecular complexity index is 1690. The quantitative estimate of drug-likeness (QED) is 0.389. The van der Waals surface area contributed by atoms with Crippen molar-refractivity contribution in [3.63, 3.8) is 0 Å². The second-order valence-corrected chi connectivity index (χ2v) is 8.81. The number of fused-ring (bicyclic) bond motifs is 4. The molecule has 2 aromatic heterocycles. The van der Waals surface area contributed by atoms with E-state index < -0.39 is 0 Å². The summed E-state index contributed by atoms with van der Waals surface area (Å²) in [5.74, 6) is -0.614. The van der Waals surface area contributed by atoms with E-state index in [9.17, 15) is 14.4 Å². The van der Waals surface area contributed by atoms with E-state index in [0.717, 1.165) is 27.5 Å². The molecule has 0 saturated carbocycles. The summed E-state index contributed by atoms with van der Waals surface area (Å²) < 4.78 is 1.65. The van der Waals surface area contributed by atoms with E-state index in [4.69, 9.17) is 4.98 Å². The Balaban J connectivity index is 1.81. The number of benzene rings is 3. The SMILES string of the molecule is CCC(C)N1C(=O)c2ccc3c(=O)n4c5cc(C)c(C)cc5nc4c4ccc(c2c34)C1=O. The molecule has 1 aliphatic rings. The van der Waals surface area contributed by atoms with Crippen LogP contribution >= 0.6 is 0 Å². The van der Waals surface area contributed by atoms with Gasteiger partial charge in [0.15, 0.2) is 0 Å². The topological polar surface area (TPSA) is 71.8 Å². The number of aryl methyl sites for hydroxylation is 2. The van der Waals surface area contributed by atoms with Gasteiger partial charge in [-0.1, -0.05) is 6.92 Å². The lowest BCUT2D eigenvalue weighted by molar-refractivity contribution is 0.0548. The van der Waals surface area contributed by atoms with Crippen LogP contribution in [0.25, 0.3) is 38.2 Å². The van der Waals surface area contributed by atoms with Gasteiger partial charge in [-0.15, -0.1) is 0 Å². The number of aromatic nitrogens is 2. The molecule has 2 amide bonds. The summed E-state index contributed by atoms with van der Waals surface area (Å²) in [5, 5.41) is 2.47. The summed E-state index contributed by atoms with van der Waals surface area (Å²) >= 11 is 0. The Morgan fingerprint density at radius 1 is 0.875 bits per heavy atom. The summed E-state index contributed by atoms with van der Waals surface area (Å²) in [6, 6.07) is 10.8. The van der Waals surface area contributed by atoms with E-state index in [-0.39, 0.29) is 23.4 Å². The minimum absolute atomic E-state index is 0.189. The van der Waals surface area contributed by atoms with E-state index in [0.29, 0.717) is 39.4 Å². The van der Waals surface area contributed by atoms with Crippen LogP contribution in [0.2, 0.25) is 0 Å². The maximum Gasteiger partial charge on any atom is 0.264 e. The summed E-state index contributed by atoms with van der Waals surface area (Å²) in [7, 11) is 0. The van der Waals surface area contributed by atoms with Crippen molar-refractivity contribution in [1.82, 2.24) is 14.3 Å². The number of nitrogens with zero attached hydrogens (tertiary/aromatic N) is 3. The first kappa shape index (κ1) is 18.9. The lowest BCUT2D eigenvalue weighted by atomic mass is 9.89. The van der Waals surface area contributed by atoms with Gasteiger partial charge < -0.3 is 0 Å². The molecule has 3 aromatic carbocycles. The monoisotopic (exact) mass is 423 g/mol. The summed E-state index contributed by atoms with van der Waals surface area (Å²) in [6.07, 6.45) is 0.674. The Morgan fingerprint density at radius 3 is 2.16 bits per heavy atom. The van der Waals surface area contributed by atoms with E-state index in [1.54, 1.807) is 22.6 Å². The largest absolute Gasteiger partial charge is 0.272 e. The highest BCUT2D eigenvalue weighted by atomic mass is 16.2. The van der Waals surface area contributed by atoms with E-state index in [2.05, 4.69) is 0 Å². The molecular formula is C26H21N3O3. The molecule has 0 N–H and O–H groups in total. The molecular weight excluding hydrogens is 402 g/mol. The highest BCUT2D eigenvalue weighted by Gasteiger charge is 2.36. The van der Waals surface area contributed by atoms with Crippen LogP contribution in [-0.2, 0) is 0 Å². The summed E-state index contributed by atoms with van der Waals surface area (Å²) in [4.78, 5) is 46.3. The minimum Gasteiger partial charge on any atom is -0.272 e. The fourth-order valence-electron chi connectivity index (χ4n) is 4.99. The van der Waals surface area contributed by atoms with E-state index in [1.165, 1.54) is 4.90 Å². The fourth-order valence-corrected chi connectivity index (χ4v) is 4.99. The highest BCUT2D eigenvalue weighted by Crippen LogP contribution is 2.38. The van der Waals surface area contributed by atoms with Gasteiger partial charge in [-0.2, -0.15) is 0 Å². The van der Waals surface area contributed by atoms with Crippen molar-refractivity contribution in [2.75, 3.05) is 0 Å². The van der Waals surface area contributed by atoms with E-state index in [1.807, 2.05) is 45.9 Å². The molecule has 6 nitrogen and oxygen atoms in total. The van der Waals surface area contributed by atoms with Crippen LogP contribution in [0.4, 0.5) is 0 Å². The summed E-state index contributed by atoms with van der Waals surface area (Å²) in [6.45, 7) is 7.86. The maximum atomic E-state index is 13.6. The van der Waals surface area contributed by atoms with Crippen LogP contribution in [0.1, 0.15) is 52.1 Å². The number of carbonyl (C=O) groups excluding carboxylic acids is 2. The first-order valence-electron chi connectivity index (χ1n) is 10.9. The van der Waals surface area contributed by atoms with Crippen molar-refractivity contribution < 1.29 is 9.59 Å². The van der Waals surface area contributed by atoms with Gasteiger partial charge in [0, 0.05) is 38.7 Å². The Hall–Kier alpha value is -3.80. The molecule has 32 heavy (non-hydrogen) atoms. The highest BCUT2D eigenvalue weighted by molar-refractivity contribution is 6.31. The number of pyridine rings is 1. The maximum absolute atomic E-state index is 13.6. The molecule has 6 rings (SSSR count). The summed E-state index contributed by atoms with van der Waals surface area (Å²) in [5.41, 5.74) is 5.00. The molecule has 158 valence electrons. The Labute approximate surface area is 183 Å². The third-order valence-electron chi connectivity index (χ3n) is 7.04. The number of carbonyl (C=O) groups is 2. The van der Waals surface area contributed by atoms with Gasteiger partial charge in [-0.05, 0) is 74.7 Å². The number of imidazole rings is 1. The van der Waals surface area contributed by atoms with Crippen molar-refractivity contribution in [3.05, 3.63) is 69.0 Å². The molecule has 5 aromatic rings. The van der Waals surface area contributed by atoms with Gasteiger partial charge in [-0.25, -0.2) is 4.98 Å². The second kappa shape index (κ2) is 6.13. The molecule has 1 atom stereocenters. The molecule has 0 fully saturated rings. The fraction of sp³-hybridized carbons (Fsp3) is 0.231. The average molecular weight is 423 g/mol. The molecule has 3 heterocycles. The molecule has 0 saturated heterocycles. The smallest absolute Gasteiger partial charge is 0.264 e. The van der Waals surface area contributed by atoms with Crippen molar-refractivity contribution in [2.24, 2.45) is 0 Å². The molecule has 0 spiro atoms. The number of imide groups is 1. The number of amides is 2. The van der Waals surface area contributed by atoms with E-state index >= 15 is 0 Å². The number of rotatable bonds is 2. The van der Waals surface area contributed by atoms with Crippen LogP contribution in [0.15, 0.2) is 41.2 Å². The van der Waals surface area contributed by atoms with Gasteiger partial charge in [0.2, 0.25) is 0 Å². The van der Waals surface area contributed by atoms with Gasteiger partial charge >= 0.3 is 0 Å². The Kier molecular flexibility index (Phi) is 3.62. The van der Waals surface area contributed by atoms with Gasteiger partial charge in [0.25, 0.3) is 17.4 Å². The van der Waals surface area contributed by atoms with Gasteiger partial charge in [-0.3, -0.25) is 23.7 Å². The predicted octanol–water partition coefficient (Wildman–Crippen LogP) is 4.60. The third-order valence-corrected chi connectivity index (χ3v) is 7.04.